The molecule has 0 saturated heterocycles. The molecule has 0 bridgehead atoms. The van der Waals surface area contributed by atoms with Crippen LogP contribution in [-0.2, 0) is 10.9 Å². The Kier molecular flexibility index (Phi) is 3.74. The predicted octanol–water partition coefficient (Wildman–Crippen LogP) is 2.05. The molecule has 2 aromatic rings. The number of nitrogens with one attached hydrogen (secondary N) is 1. The van der Waals surface area contributed by atoms with Gasteiger partial charge in [-0.25, -0.2) is 4.79 Å². The summed E-state index contributed by atoms with van der Waals surface area (Å²) in [6, 6.07) is 1.51. The number of aromatic hydroxyl groups is 1. The highest BCUT2D eigenvalue weighted by molar-refractivity contribution is 5.99. The van der Waals surface area contributed by atoms with Gasteiger partial charge < -0.3 is 19.6 Å². The van der Waals surface area contributed by atoms with Crippen molar-refractivity contribution >= 4 is 16.9 Å². The summed E-state index contributed by atoms with van der Waals surface area (Å²) in [5.74, 6) is -2.45. The lowest BCUT2D eigenvalue weighted by molar-refractivity contribution is -0.138. The summed E-state index contributed by atoms with van der Waals surface area (Å²) in [4.78, 5) is 25.3. The van der Waals surface area contributed by atoms with Gasteiger partial charge in [0.1, 0.15) is 11.5 Å². The summed E-state index contributed by atoms with van der Waals surface area (Å²) < 4.78 is 47.8. The zero-order valence-electron chi connectivity index (χ0n) is 11.4. The van der Waals surface area contributed by atoms with Crippen molar-refractivity contribution in [3.63, 3.8) is 0 Å². The molecule has 0 atom stereocenters. The number of carbonyl (C=O) groups excluding carboxylic acids is 1. The first-order valence-corrected chi connectivity index (χ1v) is 5.83. The van der Waals surface area contributed by atoms with Gasteiger partial charge >= 0.3 is 12.1 Å². The Morgan fingerprint density at radius 2 is 1.91 bits per heavy atom. The highest BCUT2D eigenvalue weighted by Crippen LogP contribution is 2.40. The Balaban J connectivity index is 2.88. The Labute approximate surface area is 121 Å². The third-order valence-corrected chi connectivity index (χ3v) is 3.00. The Bertz CT molecular complexity index is 810. The van der Waals surface area contributed by atoms with Crippen LogP contribution in [0.5, 0.6) is 11.5 Å². The second-order valence-electron chi connectivity index (χ2n) is 4.27. The molecule has 22 heavy (non-hydrogen) atoms. The van der Waals surface area contributed by atoms with E-state index in [0.717, 1.165) is 20.3 Å². The minimum Gasteiger partial charge on any atom is -0.506 e. The molecule has 0 radical (unpaired) electrons. The number of pyridine rings is 1. The minimum absolute atomic E-state index is 0.176. The number of rotatable bonds is 2. The third kappa shape index (κ3) is 2.45. The highest BCUT2D eigenvalue weighted by atomic mass is 19.4. The summed E-state index contributed by atoms with van der Waals surface area (Å²) >= 11 is 0. The van der Waals surface area contributed by atoms with E-state index in [4.69, 9.17) is 0 Å². The van der Waals surface area contributed by atoms with Crippen molar-refractivity contribution in [2.24, 2.45) is 0 Å². The second-order valence-corrected chi connectivity index (χ2v) is 4.27. The topological polar surface area (TPSA) is 88.6 Å². The summed E-state index contributed by atoms with van der Waals surface area (Å²) in [7, 11) is 2.03. The maximum atomic E-state index is 12.9. The van der Waals surface area contributed by atoms with Gasteiger partial charge in [0.05, 0.1) is 25.3 Å². The molecule has 0 amide bonds. The van der Waals surface area contributed by atoms with E-state index in [0.29, 0.717) is 6.07 Å². The number of ether oxygens (including phenoxy) is 2. The third-order valence-electron chi connectivity index (χ3n) is 3.00. The Morgan fingerprint density at radius 1 is 1.27 bits per heavy atom. The zero-order chi connectivity index (χ0) is 16.7. The quantitative estimate of drug-likeness (QED) is 0.828. The maximum Gasteiger partial charge on any atom is 0.420 e. The van der Waals surface area contributed by atoms with Crippen LogP contribution in [0, 0.1) is 0 Å². The first kappa shape index (κ1) is 15.7. The summed E-state index contributed by atoms with van der Waals surface area (Å²) in [6.07, 6.45) is -4.72. The van der Waals surface area contributed by atoms with Crippen LogP contribution in [0.2, 0.25) is 0 Å². The lowest BCUT2D eigenvalue weighted by Crippen LogP contribution is -2.19. The van der Waals surface area contributed by atoms with Crippen LogP contribution in [0.25, 0.3) is 10.9 Å². The first-order valence-electron chi connectivity index (χ1n) is 5.83. The SMILES string of the molecule is COC(=O)c1c(O)c2cc(OC)c(C(F)(F)F)cc2[nH]c1=O. The first-order chi connectivity index (χ1) is 10.2. The monoisotopic (exact) mass is 317 g/mol. The van der Waals surface area contributed by atoms with Crippen LogP contribution < -0.4 is 10.3 Å². The van der Waals surface area contributed by atoms with Crippen molar-refractivity contribution < 1.29 is 32.5 Å². The van der Waals surface area contributed by atoms with Crippen LogP contribution >= 0.6 is 0 Å². The molecular weight excluding hydrogens is 307 g/mol. The molecule has 9 heteroatoms. The van der Waals surface area contributed by atoms with E-state index in [9.17, 15) is 27.9 Å². The average Bonchev–Trinajstić information content (AvgIpc) is 2.44. The number of H-pyrrole nitrogens is 1. The molecule has 0 unspecified atom stereocenters. The van der Waals surface area contributed by atoms with Gasteiger partial charge in [-0.2, -0.15) is 13.2 Å². The minimum atomic E-state index is -4.72. The fourth-order valence-electron chi connectivity index (χ4n) is 1.99. The smallest absolute Gasteiger partial charge is 0.420 e. The number of esters is 1. The molecule has 0 aliphatic carbocycles. The van der Waals surface area contributed by atoms with Gasteiger partial charge in [0.2, 0.25) is 0 Å². The van der Waals surface area contributed by atoms with Crippen LogP contribution in [0.3, 0.4) is 0 Å². The van der Waals surface area contributed by atoms with E-state index < -0.39 is 40.3 Å². The van der Waals surface area contributed by atoms with Gasteiger partial charge in [0.15, 0.2) is 5.56 Å². The molecule has 0 spiro atoms. The molecule has 6 nitrogen and oxygen atoms in total. The van der Waals surface area contributed by atoms with Gasteiger partial charge in [0.25, 0.3) is 5.56 Å². The van der Waals surface area contributed by atoms with Crippen LogP contribution in [0.1, 0.15) is 15.9 Å². The number of carbonyl (C=O) groups is 1. The Hall–Kier alpha value is -2.71. The van der Waals surface area contributed by atoms with E-state index in [1.54, 1.807) is 0 Å². The number of aromatic amines is 1. The fraction of sp³-hybridized carbons (Fsp3) is 0.231. The van der Waals surface area contributed by atoms with Gasteiger partial charge in [-0.1, -0.05) is 0 Å². The predicted molar refractivity (Wildman–Crippen MR) is 69.1 cm³/mol. The number of fused-ring (bicyclic) bond motifs is 1. The zero-order valence-corrected chi connectivity index (χ0v) is 11.4. The molecule has 2 rings (SSSR count). The number of aromatic nitrogens is 1. The number of methoxy groups -OCH3 is 2. The van der Waals surface area contributed by atoms with Gasteiger partial charge in [0, 0.05) is 5.39 Å². The van der Waals surface area contributed by atoms with Crippen molar-refractivity contribution in [1.29, 1.82) is 0 Å². The molecule has 1 heterocycles. The normalized spacial score (nSPS) is 11.5. The highest BCUT2D eigenvalue weighted by Gasteiger charge is 2.35. The molecule has 1 aromatic heterocycles. The number of benzene rings is 1. The average molecular weight is 317 g/mol. The molecule has 0 aliphatic heterocycles. The van der Waals surface area contributed by atoms with Gasteiger partial charge in [-0.05, 0) is 12.1 Å². The van der Waals surface area contributed by atoms with Crippen LogP contribution in [-0.4, -0.2) is 30.3 Å². The van der Waals surface area contributed by atoms with E-state index in [1.807, 2.05) is 0 Å². The second kappa shape index (κ2) is 5.24. The molecule has 0 saturated carbocycles. The van der Waals surface area contributed by atoms with E-state index >= 15 is 0 Å². The Morgan fingerprint density at radius 3 is 2.41 bits per heavy atom. The molecule has 1 aromatic carbocycles. The van der Waals surface area contributed by atoms with Crippen LogP contribution in [0.15, 0.2) is 16.9 Å². The number of hydrogen-bond acceptors (Lipinski definition) is 5. The summed E-state index contributed by atoms with van der Waals surface area (Å²) in [6.45, 7) is 0. The van der Waals surface area contributed by atoms with Crippen molar-refractivity contribution in [2.75, 3.05) is 14.2 Å². The molecule has 118 valence electrons. The number of halogens is 3. The van der Waals surface area contributed by atoms with E-state index in [-0.39, 0.29) is 10.9 Å². The maximum absolute atomic E-state index is 12.9. The molecule has 2 N–H and O–H groups in total. The summed E-state index contributed by atoms with van der Waals surface area (Å²) in [5, 5.41) is 9.81. The van der Waals surface area contributed by atoms with Crippen molar-refractivity contribution in [3.8, 4) is 11.5 Å². The van der Waals surface area contributed by atoms with Gasteiger partial charge in [-0.15, -0.1) is 0 Å². The van der Waals surface area contributed by atoms with Crippen molar-refractivity contribution in [1.82, 2.24) is 4.98 Å². The number of alkyl halides is 3. The van der Waals surface area contributed by atoms with Crippen molar-refractivity contribution in [2.45, 2.75) is 6.18 Å². The summed E-state index contributed by atoms with van der Waals surface area (Å²) in [5.41, 5.74) is -3.17. The standard InChI is InChI=1S/C13H10F3NO5/c1-21-8-3-5-7(4-6(8)13(14,15)16)17-11(19)9(10(5)18)12(20)22-2/h3-4H,1-2H3,(H2,17,18,19). The lowest BCUT2D eigenvalue weighted by Gasteiger charge is -2.14. The fourth-order valence-corrected chi connectivity index (χ4v) is 1.99. The van der Waals surface area contributed by atoms with Gasteiger partial charge in [-0.3, -0.25) is 4.79 Å². The van der Waals surface area contributed by atoms with Crippen molar-refractivity contribution in [3.05, 3.63) is 33.6 Å². The van der Waals surface area contributed by atoms with E-state index in [2.05, 4.69) is 14.5 Å². The van der Waals surface area contributed by atoms with Crippen LogP contribution in [0.4, 0.5) is 13.2 Å². The number of hydrogen-bond donors (Lipinski definition) is 2. The molecule has 0 aliphatic rings. The molecule has 0 fully saturated rings. The molecular formula is C13H10F3NO5. The lowest BCUT2D eigenvalue weighted by atomic mass is 10.1. The van der Waals surface area contributed by atoms with E-state index in [1.165, 1.54) is 0 Å². The largest absolute Gasteiger partial charge is 0.506 e.